The normalized spacial score (nSPS) is 10.1. The van der Waals surface area contributed by atoms with Gasteiger partial charge in [-0.25, -0.2) is 0 Å². The summed E-state index contributed by atoms with van der Waals surface area (Å²) >= 11 is 0. The van der Waals surface area contributed by atoms with Crippen molar-refractivity contribution in [1.82, 2.24) is 10.6 Å². The molecule has 1 amide bonds. The van der Waals surface area contributed by atoms with Crippen molar-refractivity contribution in [2.45, 2.75) is 6.42 Å². The van der Waals surface area contributed by atoms with Gasteiger partial charge < -0.3 is 20.1 Å². The standard InChI is InChI=1S/C9H20N2O3/c1-13-6-3-4-11-9(12)8-10-5-7-14-2/h10H,3-8H2,1-2H3,(H,11,12). The predicted molar refractivity (Wildman–Crippen MR) is 54.2 cm³/mol. The lowest BCUT2D eigenvalue weighted by Crippen LogP contribution is -2.35. The SMILES string of the molecule is COCCCNC(=O)CNCCOC. The number of methoxy groups -OCH3 is 2. The van der Waals surface area contributed by atoms with Gasteiger partial charge in [0.1, 0.15) is 0 Å². The maximum Gasteiger partial charge on any atom is 0.233 e. The van der Waals surface area contributed by atoms with Crippen LogP contribution in [0, 0.1) is 0 Å². The number of carbonyl (C=O) groups is 1. The Labute approximate surface area is 85.1 Å². The highest BCUT2D eigenvalue weighted by Gasteiger charge is 1.98. The molecule has 2 N–H and O–H groups in total. The van der Waals surface area contributed by atoms with Gasteiger partial charge in [-0.2, -0.15) is 0 Å². The molecular weight excluding hydrogens is 184 g/mol. The minimum absolute atomic E-state index is 0.0113. The molecule has 0 aliphatic carbocycles. The maximum absolute atomic E-state index is 11.1. The zero-order valence-corrected chi connectivity index (χ0v) is 8.97. The minimum atomic E-state index is 0.0113. The second-order valence-electron chi connectivity index (χ2n) is 2.87. The van der Waals surface area contributed by atoms with Crippen LogP contribution >= 0.6 is 0 Å². The molecule has 0 heterocycles. The van der Waals surface area contributed by atoms with Crippen LogP contribution in [0.4, 0.5) is 0 Å². The molecule has 0 spiro atoms. The van der Waals surface area contributed by atoms with Crippen LogP contribution in [0.25, 0.3) is 0 Å². The van der Waals surface area contributed by atoms with E-state index >= 15 is 0 Å². The molecule has 0 radical (unpaired) electrons. The number of nitrogens with one attached hydrogen (secondary N) is 2. The van der Waals surface area contributed by atoms with Crippen LogP contribution in [-0.4, -0.2) is 53.0 Å². The molecule has 0 aromatic heterocycles. The van der Waals surface area contributed by atoms with Crippen molar-refractivity contribution >= 4 is 5.91 Å². The van der Waals surface area contributed by atoms with Crippen LogP contribution in [0.1, 0.15) is 6.42 Å². The first-order chi connectivity index (χ1) is 6.81. The highest BCUT2D eigenvalue weighted by Crippen LogP contribution is 1.76. The van der Waals surface area contributed by atoms with Gasteiger partial charge in [0.05, 0.1) is 13.2 Å². The van der Waals surface area contributed by atoms with E-state index < -0.39 is 0 Å². The van der Waals surface area contributed by atoms with E-state index in [4.69, 9.17) is 9.47 Å². The van der Waals surface area contributed by atoms with Crippen molar-refractivity contribution in [2.24, 2.45) is 0 Å². The molecule has 0 unspecified atom stereocenters. The van der Waals surface area contributed by atoms with E-state index in [1.54, 1.807) is 14.2 Å². The monoisotopic (exact) mass is 204 g/mol. The number of rotatable bonds is 9. The molecule has 5 nitrogen and oxygen atoms in total. The molecule has 14 heavy (non-hydrogen) atoms. The minimum Gasteiger partial charge on any atom is -0.385 e. The number of amides is 1. The highest BCUT2D eigenvalue weighted by molar-refractivity contribution is 5.77. The first-order valence-corrected chi connectivity index (χ1v) is 4.76. The molecule has 0 aromatic rings. The second-order valence-corrected chi connectivity index (χ2v) is 2.87. The molecule has 0 bridgehead atoms. The fraction of sp³-hybridized carbons (Fsp3) is 0.889. The fourth-order valence-electron chi connectivity index (χ4n) is 0.883. The quantitative estimate of drug-likeness (QED) is 0.491. The molecule has 0 atom stereocenters. The Morgan fingerprint density at radius 3 is 2.50 bits per heavy atom. The van der Waals surface area contributed by atoms with Crippen LogP contribution < -0.4 is 10.6 Å². The van der Waals surface area contributed by atoms with Gasteiger partial charge in [-0.3, -0.25) is 4.79 Å². The van der Waals surface area contributed by atoms with Gasteiger partial charge >= 0.3 is 0 Å². The summed E-state index contributed by atoms with van der Waals surface area (Å²) in [6.07, 6.45) is 0.848. The van der Waals surface area contributed by atoms with Crippen molar-refractivity contribution in [3.8, 4) is 0 Å². The molecule has 0 saturated heterocycles. The Balaban J connectivity index is 3.11. The average molecular weight is 204 g/mol. The first-order valence-electron chi connectivity index (χ1n) is 4.76. The van der Waals surface area contributed by atoms with E-state index in [1.165, 1.54) is 0 Å². The van der Waals surface area contributed by atoms with E-state index in [1.807, 2.05) is 0 Å². The van der Waals surface area contributed by atoms with Gasteiger partial charge in [0, 0.05) is 33.9 Å². The van der Waals surface area contributed by atoms with Gasteiger partial charge in [-0.05, 0) is 6.42 Å². The predicted octanol–water partition coefficient (Wildman–Crippen LogP) is -0.625. The Hall–Kier alpha value is -0.650. The van der Waals surface area contributed by atoms with Crippen LogP contribution in [0.3, 0.4) is 0 Å². The van der Waals surface area contributed by atoms with Gasteiger partial charge in [-0.15, -0.1) is 0 Å². The lowest BCUT2D eigenvalue weighted by Gasteiger charge is -2.05. The van der Waals surface area contributed by atoms with E-state index in [2.05, 4.69) is 10.6 Å². The van der Waals surface area contributed by atoms with Gasteiger partial charge in [0.15, 0.2) is 0 Å². The number of ether oxygens (including phenoxy) is 2. The molecule has 0 fully saturated rings. The average Bonchev–Trinajstić information content (AvgIpc) is 2.19. The van der Waals surface area contributed by atoms with Gasteiger partial charge in [0.2, 0.25) is 5.91 Å². The summed E-state index contributed by atoms with van der Waals surface area (Å²) in [7, 11) is 3.28. The zero-order chi connectivity index (χ0) is 10.6. The molecule has 0 saturated carbocycles. The van der Waals surface area contributed by atoms with Crippen LogP contribution in [0.2, 0.25) is 0 Å². The van der Waals surface area contributed by atoms with Crippen LogP contribution in [0.5, 0.6) is 0 Å². The summed E-state index contributed by atoms with van der Waals surface area (Å²) in [6, 6.07) is 0. The van der Waals surface area contributed by atoms with E-state index in [9.17, 15) is 4.79 Å². The van der Waals surface area contributed by atoms with Crippen molar-refractivity contribution < 1.29 is 14.3 Å². The molecule has 5 heteroatoms. The molecule has 0 rings (SSSR count). The third-order valence-electron chi connectivity index (χ3n) is 1.62. The molecule has 84 valence electrons. The van der Waals surface area contributed by atoms with Crippen molar-refractivity contribution in [2.75, 3.05) is 47.1 Å². The zero-order valence-electron chi connectivity index (χ0n) is 8.97. The molecule has 0 aromatic carbocycles. The number of hydrogen-bond acceptors (Lipinski definition) is 4. The summed E-state index contributed by atoms with van der Waals surface area (Å²) in [5, 5.41) is 5.73. The van der Waals surface area contributed by atoms with E-state index in [0.717, 1.165) is 6.42 Å². The molecular formula is C9H20N2O3. The second kappa shape index (κ2) is 10.4. The Bertz CT molecular complexity index is 128. The Kier molecular flexibility index (Phi) is 9.95. The summed E-state index contributed by atoms with van der Waals surface area (Å²) in [6.45, 7) is 3.01. The van der Waals surface area contributed by atoms with Crippen LogP contribution in [0.15, 0.2) is 0 Å². The Morgan fingerprint density at radius 1 is 1.14 bits per heavy atom. The summed E-state index contributed by atoms with van der Waals surface area (Å²) in [5.41, 5.74) is 0. The van der Waals surface area contributed by atoms with E-state index in [0.29, 0.717) is 32.8 Å². The van der Waals surface area contributed by atoms with Crippen molar-refractivity contribution in [3.05, 3.63) is 0 Å². The van der Waals surface area contributed by atoms with Gasteiger partial charge in [0.25, 0.3) is 0 Å². The van der Waals surface area contributed by atoms with Crippen LogP contribution in [-0.2, 0) is 14.3 Å². The smallest absolute Gasteiger partial charge is 0.233 e. The summed E-state index contributed by atoms with van der Waals surface area (Å²) in [4.78, 5) is 11.1. The Morgan fingerprint density at radius 2 is 1.86 bits per heavy atom. The fourth-order valence-corrected chi connectivity index (χ4v) is 0.883. The molecule has 0 aliphatic heterocycles. The third kappa shape index (κ3) is 9.44. The third-order valence-corrected chi connectivity index (χ3v) is 1.62. The van der Waals surface area contributed by atoms with Gasteiger partial charge in [-0.1, -0.05) is 0 Å². The lowest BCUT2D eigenvalue weighted by molar-refractivity contribution is -0.120. The highest BCUT2D eigenvalue weighted by atomic mass is 16.5. The summed E-state index contributed by atoms with van der Waals surface area (Å²) in [5.74, 6) is 0.0113. The maximum atomic E-state index is 11.1. The number of carbonyl (C=O) groups excluding carboxylic acids is 1. The number of hydrogen-bond donors (Lipinski definition) is 2. The summed E-state index contributed by atoms with van der Waals surface area (Å²) < 4.78 is 9.68. The topological polar surface area (TPSA) is 59.6 Å². The van der Waals surface area contributed by atoms with Crippen molar-refractivity contribution in [3.63, 3.8) is 0 Å². The van der Waals surface area contributed by atoms with Crippen molar-refractivity contribution in [1.29, 1.82) is 0 Å². The largest absolute Gasteiger partial charge is 0.385 e. The van der Waals surface area contributed by atoms with E-state index in [-0.39, 0.29) is 5.91 Å². The lowest BCUT2D eigenvalue weighted by atomic mass is 10.4. The molecule has 0 aliphatic rings. The first kappa shape index (κ1) is 13.4.